The molecule has 25 heavy (non-hydrogen) atoms. The average molecular weight is 377 g/mol. The molecule has 0 aliphatic carbocycles. The van der Waals surface area contributed by atoms with E-state index in [0.29, 0.717) is 26.2 Å². The van der Waals surface area contributed by atoms with Crippen LogP contribution in [0.2, 0.25) is 5.04 Å². The van der Waals surface area contributed by atoms with E-state index in [2.05, 4.69) is 41.5 Å². The number of unbranched alkanes of at least 4 members (excludes halogenated alkanes) is 3. The quantitative estimate of drug-likeness (QED) is 0.226. The maximum absolute atomic E-state index is 6.52. The Morgan fingerprint density at radius 3 is 1.40 bits per heavy atom. The van der Waals surface area contributed by atoms with Gasteiger partial charge in [0.15, 0.2) is 0 Å². The lowest BCUT2D eigenvalue weighted by Crippen LogP contribution is -2.65. The van der Waals surface area contributed by atoms with E-state index in [1.807, 2.05) is 0 Å². The summed E-state index contributed by atoms with van der Waals surface area (Å²) in [5.41, 5.74) is 0. The summed E-state index contributed by atoms with van der Waals surface area (Å²) in [6, 6.07) is 0. The van der Waals surface area contributed by atoms with Crippen molar-refractivity contribution in [2.45, 2.75) is 103 Å². The maximum Gasteiger partial charge on any atom is 0.225 e. The van der Waals surface area contributed by atoms with Crippen molar-refractivity contribution in [3.05, 3.63) is 0 Å². The van der Waals surface area contributed by atoms with Crippen LogP contribution in [0.1, 0.15) is 86.5 Å². The minimum Gasteiger partial charge on any atom is -0.349 e. The summed E-state index contributed by atoms with van der Waals surface area (Å²) < 4.78 is 25.5. The highest BCUT2D eigenvalue weighted by molar-refractivity contribution is 6.15. The summed E-state index contributed by atoms with van der Waals surface area (Å²) in [5.74, 6) is -1.76. The predicted octanol–water partition coefficient (Wildman–Crippen LogP) is 4.45. The third-order valence-corrected chi connectivity index (χ3v) is 5.38. The standard InChI is InChI=1S/C20H44O4Si/c1-8-12-15-22-19(11-4,21-7)20(18(5,6)25,23-16-13-9-2)24-17-14-10-3/h8-17H2,1-7,25H3. The van der Waals surface area contributed by atoms with Crippen LogP contribution in [0.3, 0.4) is 0 Å². The molecule has 0 N–H and O–H groups in total. The summed E-state index contributed by atoms with van der Waals surface area (Å²) in [6.07, 6.45) is 6.99. The summed E-state index contributed by atoms with van der Waals surface area (Å²) >= 11 is 0. The molecule has 0 radical (unpaired) electrons. The van der Waals surface area contributed by atoms with Crippen molar-refractivity contribution in [3.8, 4) is 0 Å². The van der Waals surface area contributed by atoms with Crippen molar-refractivity contribution in [2.75, 3.05) is 26.9 Å². The van der Waals surface area contributed by atoms with E-state index in [0.717, 1.165) is 48.8 Å². The molecule has 0 aromatic rings. The van der Waals surface area contributed by atoms with Gasteiger partial charge in [-0.25, -0.2) is 0 Å². The molecule has 0 heterocycles. The van der Waals surface area contributed by atoms with Crippen molar-refractivity contribution in [1.82, 2.24) is 0 Å². The molecular formula is C20H44O4Si. The molecule has 5 heteroatoms. The third kappa shape index (κ3) is 6.62. The minimum absolute atomic E-state index is 0.160. The van der Waals surface area contributed by atoms with Crippen LogP contribution < -0.4 is 0 Å². The molecular weight excluding hydrogens is 332 g/mol. The molecule has 1 unspecified atom stereocenters. The Kier molecular flexibility index (Phi) is 12.5. The van der Waals surface area contributed by atoms with Gasteiger partial charge in [-0.2, -0.15) is 0 Å². The molecule has 0 saturated heterocycles. The van der Waals surface area contributed by atoms with Crippen molar-refractivity contribution >= 4 is 10.2 Å². The fourth-order valence-corrected chi connectivity index (χ4v) is 3.80. The largest absolute Gasteiger partial charge is 0.349 e. The van der Waals surface area contributed by atoms with Gasteiger partial charge < -0.3 is 18.9 Å². The fraction of sp³-hybridized carbons (Fsp3) is 1.00. The van der Waals surface area contributed by atoms with Crippen molar-refractivity contribution in [2.24, 2.45) is 0 Å². The van der Waals surface area contributed by atoms with Crippen LogP contribution in [0.25, 0.3) is 0 Å². The first-order valence-electron chi connectivity index (χ1n) is 10.3. The number of hydrogen-bond acceptors (Lipinski definition) is 4. The van der Waals surface area contributed by atoms with E-state index in [1.54, 1.807) is 7.11 Å². The second-order valence-corrected chi connectivity index (χ2v) is 10.3. The monoisotopic (exact) mass is 376 g/mol. The zero-order valence-corrected chi connectivity index (χ0v) is 20.2. The zero-order valence-electron chi connectivity index (χ0n) is 18.2. The molecule has 0 spiro atoms. The Labute approximate surface area is 159 Å². The lowest BCUT2D eigenvalue weighted by atomic mass is 9.89. The SMILES string of the molecule is CCCCOC(CC)(OC)C(OCCCC)(OCCCC)C(C)(C)[SiH3]. The highest BCUT2D eigenvalue weighted by atomic mass is 28.1. The normalized spacial score (nSPS) is 15.5. The molecule has 4 nitrogen and oxygen atoms in total. The molecule has 0 fully saturated rings. The minimum atomic E-state index is -0.881. The molecule has 0 rings (SSSR count). The topological polar surface area (TPSA) is 36.9 Å². The summed E-state index contributed by atoms with van der Waals surface area (Å²) in [5, 5.41) is -0.160. The van der Waals surface area contributed by atoms with Crippen LogP contribution in [-0.2, 0) is 18.9 Å². The molecule has 0 amide bonds. The second-order valence-electron chi connectivity index (χ2n) is 7.78. The summed E-state index contributed by atoms with van der Waals surface area (Å²) in [4.78, 5) is 0. The molecule has 0 bridgehead atoms. The Bertz CT molecular complexity index is 314. The molecule has 0 saturated carbocycles. The van der Waals surface area contributed by atoms with E-state index in [-0.39, 0.29) is 5.04 Å². The van der Waals surface area contributed by atoms with Crippen molar-refractivity contribution in [3.63, 3.8) is 0 Å². The van der Waals surface area contributed by atoms with Gasteiger partial charge in [0.2, 0.25) is 11.6 Å². The third-order valence-electron chi connectivity index (χ3n) is 4.72. The first-order valence-corrected chi connectivity index (χ1v) is 11.3. The first kappa shape index (κ1) is 25.1. The summed E-state index contributed by atoms with van der Waals surface area (Å²) in [7, 11) is 2.64. The lowest BCUT2D eigenvalue weighted by Gasteiger charge is -2.54. The van der Waals surface area contributed by atoms with Gasteiger partial charge in [0.1, 0.15) is 0 Å². The van der Waals surface area contributed by atoms with E-state index >= 15 is 0 Å². The first-order chi connectivity index (χ1) is 11.8. The van der Waals surface area contributed by atoms with E-state index in [9.17, 15) is 0 Å². The summed E-state index contributed by atoms with van der Waals surface area (Å²) in [6.45, 7) is 15.0. The fourth-order valence-electron chi connectivity index (χ4n) is 3.14. The van der Waals surface area contributed by atoms with Gasteiger partial charge in [0, 0.05) is 28.8 Å². The molecule has 1 atom stereocenters. The molecule has 0 aliphatic heterocycles. The second kappa shape index (κ2) is 12.4. The van der Waals surface area contributed by atoms with Crippen LogP contribution in [0.5, 0.6) is 0 Å². The molecule has 0 aromatic heterocycles. The predicted molar refractivity (Wildman–Crippen MR) is 109 cm³/mol. The van der Waals surface area contributed by atoms with E-state index in [4.69, 9.17) is 18.9 Å². The van der Waals surface area contributed by atoms with Crippen molar-refractivity contribution < 1.29 is 18.9 Å². The van der Waals surface area contributed by atoms with Crippen LogP contribution in [0.4, 0.5) is 0 Å². The van der Waals surface area contributed by atoms with E-state index in [1.165, 1.54) is 0 Å². The van der Waals surface area contributed by atoms with Gasteiger partial charge >= 0.3 is 0 Å². The van der Waals surface area contributed by atoms with Gasteiger partial charge in [0.05, 0.1) is 19.8 Å². The molecule has 152 valence electrons. The van der Waals surface area contributed by atoms with Crippen LogP contribution in [0.15, 0.2) is 0 Å². The molecule has 0 aliphatic rings. The highest BCUT2D eigenvalue weighted by Crippen LogP contribution is 2.50. The van der Waals surface area contributed by atoms with Gasteiger partial charge in [-0.15, -0.1) is 0 Å². The van der Waals surface area contributed by atoms with Crippen LogP contribution >= 0.6 is 0 Å². The Morgan fingerprint density at radius 1 is 0.720 bits per heavy atom. The van der Waals surface area contributed by atoms with Crippen LogP contribution in [0, 0.1) is 0 Å². The maximum atomic E-state index is 6.52. The Hall–Kier alpha value is 0.0569. The molecule has 0 aromatic carbocycles. The van der Waals surface area contributed by atoms with Crippen molar-refractivity contribution in [1.29, 1.82) is 0 Å². The number of methoxy groups -OCH3 is 1. The van der Waals surface area contributed by atoms with Crippen LogP contribution in [-0.4, -0.2) is 48.7 Å². The van der Waals surface area contributed by atoms with Gasteiger partial charge in [-0.1, -0.05) is 60.8 Å². The van der Waals surface area contributed by atoms with Gasteiger partial charge in [-0.05, 0) is 19.3 Å². The Balaban J connectivity index is 5.83. The number of ether oxygens (including phenoxy) is 4. The zero-order chi connectivity index (χ0) is 19.4. The average Bonchev–Trinajstić information content (AvgIpc) is 2.57. The lowest BCUT2D eigenvalue weighted by molar-refractivity contribution is -0.417. The number of rotatable bonds is 16. The van der Waals surface area contributed by atoms with Gasteiger partial charge in [0.25, 0.3) is 0 Å². The van der Waals surface area contributed by atoms with E-state index < -0.39 is 11.6 Å². The Morgan fingerprint density at radius 2 is 1.12 bits per heavy atom. The smallest absolute Gasteiger partial charge is 0.225 e. The van der Waals surface area contributed by atoms with Gasteiger partial charge in [-0.3, -0.25) is 0 Å². The number of hydrogen-bond donors (Lipinski definition) is 0. The highest BCUT2D eigenvalue weighted by Gasteiger charge is 2.61.